The Kier molecular flexibility index (Phi) is 3.67. The van der Waals surface area contributed by atoms with Gasteiger partial charge < -0.3 is 11.3 Å². The first-order valence-corrected chi connectivity index (χ1v) is 3.10. The first-order chi connectivity index (χ1) is 4.26. The minimum Gasteiger partial charge on any atom is -0.323 e. The molecule has 0 fully saturated rings. The van der Waals surface area contributed by atoms with Gasteiger partial charge in [0, 0.05) is 0 Å². The lowest BCUT2D eigenvalue weighted by atomic mass is 10.1. The molecule has 3 N–H and O–H groups in total. The number of nitrogens with one attached hydrogen (secondary N) is 1. The summed E-state index contributed by atoms with van der Waals surface area (Å²) >= 11 is 0. The fourth-order valence-electron chi connectivity index (χ4n) is 0.587. The van der Waals surface area contributed by atoms with E-state index in [1.54, 1.807) is 0 Å². The third kappa shape index (κ3) is 2.26. The topological polar surface area (TPSA) is 62.2 Å². The van der Waals surface area contributed by atoms with Crippen molar-refractivity contribution in [1.29, 1.82) is 5.41 Å². The van der Waals surface area contributed by atoms with Crippen LogP contribution in [0.1, 0.15) is 26.7 Å². The van der Waals surface area contributed by atoms with E-state index in [2.05, 4.69) is 5.10 Å². The zero-order chi connectivity index (χ0) is 7.28. The summed E-state index contributed by atoms with van der Waals surface area (Å²) in [6, 6.07) is 0. The molecule has 0 aromatic rings. The second-order valence-electron chi connectivity index (χ2n) is 1.76. The van der Waals surface area contributed by atoms with Crippen LogP contribution in [-0.4, -0.2) is 11.4 Å². The number of hydrazone groups is 1. The van der Waals surface area contributed by atoms with Gasteiger partial charge in [-0.05, 0) is 12.8 Å². The van der Waals surface area contributed by atoms with Crippen molar-refractivity contribution in [3.63, 3.8) is 0 Å². The first-order valence-electron chi connectivity index (χ1n) is 3.10. The minimum absolute atomic E-state index is 0.542. The monoisotopic (exact) mass is 127 g/mol. The quantitative estimate of drug-likeness (QED) is 0.333. The van der Waals surface area contributed by atoms with Gasteiger partial charge in [-0.25, -0.2) is 0 Å². The highest BCUT2D eigenvalue weighted by atomic mass is 15.1. The number of hydrogen-bond acceptors (Lipinski definition) is 3. The summed E-state index contributed by atoms with van der Waals surface area (Å²) in [5.74, 6) is 5.01. The number of nitrogens with zero attached hydrogens (tertiary/aromatic N) is 1. The fraction of sp³-hybridized carbons (Fsp3) is 0.667. The van der Waals surface area contributed by atoms with E-state index in [4.69, 9.17) is 11.3 Å². The summed E-state index contributed by atoms with van der Waals surface area (Å²) in [5, 5.41) is 10.8. The zero-order valence-electron chi connectivity index (χ0n) is 5.94. The Morgan fingerprint density at radius 2 is 2.00 bits per heavy atom. The van der Waals surface area contributed by atoms with E-state index in [0.29, 0.717) is 17.8 Å². The molecule has 0 saturated carbocycles. The second kappa shape index (κ2) is 4.06. The second-order valence-corrected chi connectivity index (χ2v) is 1.76. The molecule has 3 nitrogen and oxygen atoms in total. The highest BCUT2D eigenvalue weighted by Crippen LogP contribution is 1.90. The summed E-state index contributed by atoms with van der Waals surface area (Å²) in [5.41, 5.74) is 1.25. The van der Waals surface area contributed by atoms with Gasteiger partial charge in [0.1, 0.15) is 0 Å². The molecule has 0 aromatic heterocycles. The SMILES string of the molecule is CCC(=N)C(CC)=NN. The maximum absolute atomic E-state index is 7.28. The fourth-order valence-corrected chi connectivity index (χ4v) is 0.587. The Morgan fingerprint density at radius 1 is 1.44 bits per heavy atom. The predicted octanol–water partition coefficient (Wildman–Crippen LogP) is 1.14. The van der Waals surface area contributed by atoms with Crippen molar-refractivity contribution in [1.82, 2.24) is 0 Å². The smallest absolute Gasteiger partial charge is 0.0804 e. The van der Waals surface area contributed by atoms with Crippen molar-refractivity contribution < 1.29 is 0 Å². The van der Waals surface area contributed by atoms with Crippen molar-refractivity contribution in [3.05, 3.63) is 0 Å². The van der Waals surface area contributed by atoms with Gasteiger partial charge in [0.25, 0.3) is 0 Å². The van der Waals surface area contributed by atoms with Crippen LogP contribution in [0.2, 0.25) is 0 Å². The molecular weight excluding hydrogens is 114 g/mol. The molecule has 9 heavy (non-hydrogen) atoms. The van der Waals surface area contributed by atoms with Crippen LogP contribution in [0.15, 0.2) is 5.10 Å². The molecule has 0 aliphatic heterocycles. The van der Waals surface area contributed by atoms with E-state index in [9.17, 15) is 0 Å². The molecule has 0 spiro atoms. The van der Waals surface area contributed by atoms with Crippen LogP contribution >= 0.6 is 0 Å². The normalized spacial score (nSPS) is 11.6. The van der Waals surface area contributed by atoms with E-state index in [1.165, 1.54) is 0 Å². The van der Waals surface area contributed by atoms with Gasteiger partial charge in [0.05, 0.1) is 11.4 Å². The summed E-state index contributed by atoms with van der Waals surface area (Å²) in [6.45, 7) is 3.86. The van der Waals surface area contributed by atoms with Gasteiger partial charge in [-0.15, -0.1) is 0 Å². The Bertz CT molecular complexity index is 126. The van der Waals surface area contributed by atoms with Gasteiger partial charge in [-0.3, -0.25) is 0 Å². The van der Waals surface area contributed by atoms with Gasteiger partial charge in [-0.2, -0.15) is 5.10 Å². The molecule has 0 bridgehead atoms. The maximum Gasteiger partial charge on any atom is 0.0804 e. The van der Waals surface area contributed by atoms with Crippen LogP contribution in [0.5, 0.6) is 0 Å². The number of nitrogens with two attached hydrogens (primary N) is 1. The van der Waals surface area contributed by atoms with Crippen molar-refractivity contribution in [2.45, 2.75) is 26.7 Å². The highest BCUT2D eigenvalue weighted by molar-refractivity contribution is 6.40. The van der Waals surface area contributed by atoms with E-state index in [-0.39, 0.29) is 0 Å². The Hall–Kier alpha value is -0.860. The average molecular weight is 127 g/mol. The van der Waals surface area contributed by atoms with Crippen molar-refractivity contribution in [3.8, 4) is 0 Å². The lowest BCUT2D eigenvalue weighted by Crippen LogP contribution is -2.12. The Morgan fingerprint density at radius 3 is 2.11 bits per heavy atom. The standard InChI is InChI=1S/C6H13N3/c1-3-5(7)6(4-2)9-8/h7H,3-4,8H2,1-2H3. The molecule has 0 amide bonds. The first kappa shape index (κ1) is 8.14. The van der Waals surface area contributed by atoms with E-state index in [1.807, 2.05) is 13.8 Å². The molecule has 0 saturated heterocycles. The van der Waals surface area contributed by atoms with Crippen LogP contribution < -0.4 is 5.84 Å². The summed E-state index contributed by atoms with van der Waals surface area (Å²) in [6.07, 6.45) is 1.47. The number of hydrogen-bond donors (Lipinski definition) is 2. The third-order valence-electron chi connectivity index (χ3n) is 1.19. The van der Waals surface area contributed by atoms with Gasteiger partial charge in [0.2, 0.25) is 0 Å². The van der Waals surface area contributed by atoms with Crippen LogP contribution in [0.4, 0.5) is 0 Å². The van der Waals surface area contributed by atoms with Crippen molar-refractivity contribution >= 4 is 11.4 Å². The lowest BCUT2D eigenvalue weighted by molar-refractivity contribution is 1.16. The van der Waals surface area contributed by atoms with E-state index >= 15 is 0 Å². The Balaban J connectivity index is 3.97. The molecule has 0 unspecified atom stereocenters. The maximum atomic E-state index is 7.28. The molecule has 0 radical (unpaired) electrons. The Labute approximate surface area is 55.5 Å². The zero-order valence-corrected chi connectivity index (χ0v) is 5.94. The molecule has 3 heteroatoms. The van der Waals surface area contributed by atoms with Gasteiger partial charge in [-0.1, -0.05) is 13.8 Å². The molecule has 0 aliphatic rings. The van der Waals surface area contributed by atoms with E-state index < -0.39 is 0 Å². The minimum atomic E-state index is 0.542. The predicted molar refractivity (Wildman–Crippen MR) is 39.9 cm³/mol. The third-order valence-corrected chi connectivity index (χ3v) is 1.19. The molecule has 0 heterocycles. The van der Waals surface area contributed by atoms with Gasteiger partial charge in [0.15, 0.2) is 0 Å². The molecule has 52 valence electrons. The largest absolute Gasteiger partial charge is 0.323 e. The van der Waals surface area contributed by atoms with Crippen LogP contribution in [-0.2, 0) is 0 Å². The summed E-state index contributed by atoms with van der Waals surface area (Å²) in [7, 11) is 0. The average Bonchev–Trinajstić information content (AvgIpc) is 1.90. The lowest BCUT2D eigenvalue weighted by Gasteiger charge is -1.98. The molecule has 0 aliphatic carbocycles. The number of rotatable bonds is 3. The van der Waals surface area contributed by atoms with Crippen molar-refractivity contribution in [2.75, 3.05) is 0 Å². The van der Waals surface area contributed by atoms with Crippen LogP contribution in [0, 0.1) is 5.41 Å². The highest BCUT2D eigenvalue weighted by Gasteiger charge is 1.99. The molecule has 0 atom stereocenters. The molecular formula is C6H13N3. The summed E-state index contributed by atoms with van der Waals surface area (Å²) < 4.78 is 0. The van der Waals surface area contributed by atoms with Crippen LogP contribution in [0.25, 0.3) is 0 Å². The van der Waals surface area contributed by atoms with Gasteiger partial charge >= 0.3 is 0 Å². The van der Waals surface area contributed by atoms with Crippen molar-refractivity contribution in [2.24, 2.45) is 10.9 Å². The van der Waals surface area contributed by atoms with Crippen LogP contribution in [0.3, 0.4) is 0 Å². The summed E-state index contributed by atoms with van der Waals surface area (Å²) in [4.78, 5) is 0. The molecule has 0 rings (SSSR count). The molecule has 0 aromatic carbocycles. The van der Waals surface area contributed by atoms with E-state index in [0.717, 1.165) is 6.42 Å².